The summed E-state index contributed by atoms with van der Waals surface area (Å²) in [4.78, 5) is 11.7. The summed E-state index contributed by atoms with van der Waals surface area (Å²) in [6, 6.07) is 0. The Morgan fingerprint density at radius 3 is 2.70 bits per heavy atom. The van der Waals surface area contributed by atoms with Crippen molar-refractivity contribution in [3.8, 4) is 0 Å². The lowest BCUT2D eigenvalue weighted by Crippen LogP contribution is -2.55. The minimum atomic E-state index is -3.33. The number of rotatable bonds is 4. The van der Waals surface area contributed by atoms with E-state index in [4.69, 9.17) is 0 Å². The van der Waals surface area contributed by atoms with Crippen molar-refractivity contribution in [2.45, 2.75) is 43.6 Å². The standard InChI is InChI=1S/C13H19F2N3O2/c1-18-8-10(7-17-18)11(19)16-9-13(14,15)12(20)5-3-2-4-6-12/h7-8,20H,2-6,9H2,1H3,(H,16,19). The van der Waals surface area contributed by atoms with E-state index in [0.717, 1.165) is 6.42 Å². The van der Waals surface area contributed by atoms with E-state index >= 15 is 0 Å². The van der Waals surface area contributed by atoms with Gasteiger partial charge in [-0.2, -0.15) is 5.10 Å². The Balaban J connectivity index is 1.96. The zero-order valence-electron chi connectivity index (χ0n) is 11.4. The molecule has 1 fully saturated rings. The molecule has 0 bridgehead atoms. The number of carbonyl (C=O) groups excluding carboxylic acids is 1. The number of halogens is 2. The number of carbonyl (C=O) groups is 1. The highest BCUT2D eigenvalue weighted by Gasteiger charge is 2.52. The lowest BCUT2D eigenvalue weighted by atomic mass is 9.80. The number of aromatic nitrogens is 2. The maximum absolute atomic E-state index is 14.1. The molecule has 1 aromatic heterocycles. The van der Waals surface area contributed by atoms with Gasteiger partial charge in [-0.05, 0) is 12.8 Å². The van der Waals surface area contributed by atoms with Crippen molar-refractivity contribution in [1.29, 1.82) is 0 Å². The number of alkyl halides is 2. The molecule has 0 unspecified atom stereocenters. The number of nitrogens with zero attached hydrogens (tertiary/aromatic N) is 2. The molecule has 1 saturated carbocycles. The lowest BCUT2D eigenvalue weighted by Gasteiger charge is -2.38. The van der Waals surface area contributed by atoms with Crippen LogP contribution in [0.4, 0.5) is 8.78 Å². The van der Waals surface area contributed by atoms with E-state index < -0.39 is 24.0 Å². The van der Waals surface area contributed by atoms with Gasteiger partial charge in [-0.3, -0.25) is 9.48 Å². The molecule has 0 aliphatic heterocycles. The van der Waals surface area contributed by atoms with Crippen molar-refractivity contribution in [2.75, 3.05) is 6.54 Å². The number of hydrogen-bond acceptors (Lipinski definition) is 3. The molecule has 0 aromatic carbocycles. The van der Waals surface area contributed by atoms with E-state index in [9.17, 15) is 18.7 Å². The normalized spacial score (nSPS) is 18.8. The number of aryl methyl sites for hydroxylation is 1. The van der Waals surface area contributed by atoms with Gasteiger partial charge in [-0.1, -0.05) is 19.3 Å². The smallest absolute Gasteiger partial charge is 0.293 e. The molecule has 1 amide bonds. The summed E-state index contributed by atoms with van der Waals surface area (Å²) >= 11 is 0. The van der Waals surface area contributed by atoms with E-state index in [1.165, 1.54) is 17.1 Å². The molecule has 1 aliphatic rings. The van der Waals surface area contributed by atoms with Crippen LogP contribution in [0.1, 0.15) is 42.5 Å². The first-order chi connectivity index (χ1) is 9.34. The van der Waals surface area contributed by atoms with Gasteiger partial charge in [-0.25, -0.2) is 8.78 Å². The quantitative estimate of drug-likeness (QED) is 0.881. The zero-order valence-corrected chi connectivity index (χ0v) is 11.4. The Morgan fingerprint density at radius 1 is 1.50 bits per heavy atom. The fraction of sp³-hybridized carbons (Fsp3) is 0.692. The van der Waals surface area contributed by atoms with Crippen molar-refractivity contribution in [3.63, 3.8) is 0 Å². The maximum atomic E-state index is 14.1. The van der Waals surface area contributed by atoms with Crippen LogP contribution < -0.4 is 5.32 Å². The molecule has 0 saturated heterocycles. The van der Waals surface area contributed by atoms with Crippen LogP contribution >= 0.6 is 0 Å². The van der Waals surface area contributed by atoms with Crippen LogP contribution in [0.15, 0.2) is 12.4 Å². The molecule has 2 rings (SSSR count). The highest BCUT2D eigenvalue weighted by atomic mass is 19.3. The summed E-state index contributed by atoms with van der Waals surface area (Å²) in [5, 5.41) is 16.0. The minimum Gasteiger partial charge on any atom is -0.384 e. The second-order valence-electron chi connectivity index (χ2n) is 5.38. The summed E-state index contributed by atoms with van der Waals surface area (Å²) in [7, 11) is 1.64. The number of nitrogens with one attached hydrogen (secondary N) is 1. The Morgan fingerprint density at radius 2 is 2.15 bits per heavy atom. The van der Waals surface area contributed by atoms with Gasteiger partial charge < -0.3 is 10.4 Å². The molecule has 112 valence electrons. The first-order valence-electron chi connectivity index (χ1n) is 6.71. The second-order valence-corrected chi connectivity index (χ2v) is 5.38. The molecule has 1 heterocycles. The average molecular weight is 287 g/mol. The Kier molecular flexibility index (Phi) is 4.08. The molecule has 0 radical (unpaired) electrons. The predicted octanol–water partition coefficient (Wildman–Crippen LogP) is 1.48. The molecule has 1 aliphatic carbocycles. The first-order valence-corrected chi connectivity index (χ1v) is 6.71. The van der Waals surface area contributed by atoms with Gasteiger partial charge in [0.05, 0.1) is 18.3 Å². The molecule has 0 atom stereocenters. The van der Waals surface area contributed by atoms with Gasteiger partial charge in [-0.15, -0.1) is 0 Å². The fourth-order valence-corrected chi connectivity index (χ4v) is 2.50. The Bertz CT molecular complexity index is 482. The van der Waals surface area contributed by atoms with E-state index in [2.05, 4.69) is 10.4 Å². The van der Waals surface area contributed by atoms with Gasteiger partial charge in [0.25, 0.3) is 11.8 Å². The highest BCUT2D eigenvalue weighted by Crippen LogP contribution is 2.40. The van der Waals surface area contributed by atoms with Gasteiger partial charge in [0, 0.05) is 13.2 Å². The second kappa shape index (κ2) is 5.47. The number of amides is 1. The molecule has 0 spiro atoms. The van der Waals surface area contributed by atoms with Crippen molar-refractivity contribution in [3.05, 3.63) is 18.0 Å². The third kappa shape index (κ3) is 2.98. The first kappa shape index (κ1) is 14.9. The Hall–Kier alpha value is -1.50. The van der Waals surface area contributed by atoms with Crippen molar-refractivity contribution in [1.82, 2.24) is 15.1 Å². The third-order valence-corrected chi connectivity index (χ3v) is 3.80. The van der Waals surface area contributed by atoms with Crippen LogP contribution in [0.2, 0.25) is 0 Å². The molecular weight excluding hydrogens is 268 g/mol. The van der Waals surface area contributed by atoms with E-state index in [-0.39, 0.29) is 18.4 Å². The van der Waals surface area contributed by atoms with Crippen molar-refractivity contribution >= 4 is 5.91 Å². The molecule has 2 N–H and O–H groups in total. The number of aliphatic hydroxyl groups is 1. The zero-order chi connectivity index (χ0) is 14.8. The summed E-state index contributed by atoms with van der Waals surface area (Å²) in [6.45, 7) is -0.864. The van der Waals surface area contributed by atoms with E-state index in [1.807, 2.05) is 0 Å². The SMILES string of the molecule is Cn1cc(C(=O)NCC(F)(F)C2(O)CCCCC2)cn1. The number of hydrogen-bond donors (Lipinski definition) is 2. The maximum Gasteiger partial charge on any atom is 0.293 e. The van der Waals surface area contributed by atoms with Crippen LogP contribution in [0, 0.1) is 0 Å². The summed E-state index contributed by atoms with van der Waals surface area (Å²) in [5.41, 5.74) is -1.79. The summed E-state index contributed by atoms with van der Waals surface area (Å²) in [5.74, 6) is -3.94. The lowest BCUT2D eigenvalue weighted by molar-refractivity contribution is -0.191. The van der Waals surface area contributed by atoms with Gasteiger partial charge >= 0.3 is 0 Å². The van der Waals surface area contributed by atoms with Crippen LogP contribution in [-0.4, -0.2) is 38.9 Å². The monoisotopic (exact) mass is 287 g/mol. The van der Waals surface area contributed by atoms with Crippen LogP contribution in [0.3, 0.4) is 0 Å². The Labute approximate surface area is 116 Å². The van der Waals surface area contributed by atoms with Crippen LogP contribution in [-0.2, 0) is 7.05 Å². The van der Waals surface area contributed by atoms with Gasteiger partial charge in [0.2, 0.25) is 0 Å². The largest absolute Gasteiger partial charge is 0.384 e. The topological polar surface area (TPSA) is 67.2 Å². The predicted molar refractivity (Wildman–Crippen MR) is 68.5 cm³/mol. The average Bonchev–Trinajstić information content (AvgIpc) is 2.83. The van der Waals surface area contributed by atoms with Gasteiger partial charge in [0.15, 0.2) is 0 Å². The van der Waals surface area contributed by atoms with E-state index in [0.29, 0.717) is 12.8 Å². The molecule has 1 aromatic rings. The van der Waals surface area contributed by atoms with Crippen molar-refractivity contribution in [2.24, 2.45) is 7.05 Å². The van der Waals surface area contributed by atoms with Crippen LogP contribution in [0.25, 0.3) is 0 Å². The molecule has 20 heavy (non-hydrogen) atoms. The van der Waals surface area contributed by atoms with Crippen LogP contribution in [0.5, 0.6) is 0 Å². The minimum absolute atomic E-state index is 0.0722. The van der Waals surface area contributed by atoms with E-state index in [1.54, 1.807) is 7.05 Å². The molecule has 7 heteroatoms. The third-order valence-electron chi connectivity index (χ3n) is 3.80. The fourth-order valence-electron chi connectivity index (χ4n) is 2.50. The summed E-state index contributed by atoms with van der Waals surface area (Å²) in [6.07, 6.45) is 4.93. The summed E-state index contributed by atoms with van der Waals surface area (Å²) < 4.78 is 29.6. The molecule has 5 nitrogen and oxygen atoms in total. The van der Waals surface area contributed by atoms with Gasteiger partial charge in [0.1, 0.15) is 5.60 Å². The van der Waals surface area contributed by atoms with Crippen molar-refractivity contribution < 1.29 is 18.7 Å². The highest BCUT2D eigenvalue weighted by molar-refractivity contribution is 5.93. The molecular formula is C13H19F2N3O2.